The Balaban J connectivity index is 1.94. The SMILES string of the molecule is CCc1nn(CC(=O)NCCS(C)=O)c(=O)c2cc3ccsc3n12. The van der Waals surface area contributed by atoms with Gasteiger partial charge < -0.3 is 5.32 Å². The molecule has 0 aliphatic carbocycles. The molecule has 0 saturated carbocycles. The van der Waals surface area contributed by atoms with E-state index in [1.807, 2.05) is 28.8 Å². The Morgan fingerprint density at radius 3 is 2.96 bits per heavy atom. The van der Waals surface area contributed by atoms with Crippen molar-refractivity contribution in [2.75, 3.05) is 18.6 Å². The van der Waals surface area contributed by atoms with Crippen molar-refractivity contribution in [3.8, 4) is 0 Å². The van der Waals surface area contributed by atoms with Crippen LogP contribution in [-0.2, 0) is 28.6 Å². The van der Waals surface area contributed by atoms with Crippen molar-refractivity contribution < 1.29 is 9.00 Å². The molecule has 0 saturated heterocycles. The molecule has 0 spiro atoms. The highest BCUT2D eigenvalue weighted by Crippen LogP contribution is 2.24. The second-order valence-corrected chi connectivity index (χ2v) is 7.86. The molecule has 0 radical (unpaired) electrons. The van der Waals surface area contributed by atoms with Gasteiger partial charge in [-0.1, -0.05) is 6.92 Å². The van der Waals surface area contributed by atoms with E-state index in [4.69, 9.17) is 0 Å². The molecule has 1 N–H and O–H groups in total. The monoisotopic (exact) mass is 366 g/mol. The lowest BCUT2D eigenvalue weighted by Crippen LogP contribution is -2.36. The summed E-state index contributed by atoms with van der Waals surface area (Å²) in [6, 6.07) is 3.80. The van der Waals surface area contributed by atoms with Crippen LogP contribution in [0.5, 0.6) is 0 Å². The second kappa shape index (κ2) is 6.86. The number of nitrogens with zero attached hydrogens (tertiary/aromatic N) is 3. The predicted molar refractivity (Wildman–Crippen MR) is 96.2 cm³/mol. The number of hydrogen-bond donors (Lipinski definition) is 1. The molecule has 0 aliphatic heterocycles. The number of aromatic nitrogens is 3. The molecule has 3 heterocycles. The maximum absolute atomic E-state index is 12.6. The fraction of sp³-hybridized carbons (Fsp3) is 0.400. The molecule has 3 rings (SSSR count). The number of nitrogens with one attached hydrogen (secondary N) is 1. The van der Waals surface area contributed by atoms with E-state index in [-0.39, 0.29) is 18.0 Å². The predicted octanol–water partition coefficient (Wildman–Crippen LogP) is 0.768. The number of hydrogen-bond acceptors (Lipinski definition) is 5. The summed E-state index contributed by atoms with van der Waals surface area (Å²) in [5, 5.41) is 10.00. The summed E-state index contributed by atoms with van der Waals surface area (Å²) in [5.41, 5.74) is 0.246. The van der Waals surface area contributed by atoms with Crippen LogP contribution in [0, 0.1) is 0 Å². The Bertz CT molecular complexity index is 986. The molecular formula is C15H18N4O3S2. The summed E-state index contributed by atoms with van der Waals surface area (Å²) in [6.45, 7) is 2.14. The van der Waals surface area contributed by atoms with Gasteiger partial charge in [0, 0.05) is 41.2 Å². The summed E-state index contributed by atoms with van der Waals surface area (Å²) in [7, 11) is -0.962. The number of rotatable bonds is 6. The minimum Gasteiger partial charge on any atom is -0.354 e. The van der Waals surface area contributed by atoms with Gasteiger partial charge in [0.05, 0.1) is 0 Å². The summed E-state index contributed by atoms with van der Waals surface area (Å²) < 4.78 is 14.1. The zero-order valence-corrected chi connectivity index (χ0v) is 15.1. The Kier molecular flexibility index (Phi) is 4.81. The van der Waals surface area contributed by atoms with Gasteiger partial charge in [0.1, 0.15) is 22.7 Å². The first-order chi connectivity index (χ1) is 11.5. The fourth-order valence-electron chi connectivity index (χ4n) is 2.56. The molecule has 9 heteroatoms. The lowest BCUT2D eigenvalue weighted by Gasteiger charge is -2.10. The van der Waals surface area contributed by atoms with Gasteiger partial charge >= 0.3 is 0 Å². The standard InChI is InChI=1S/C15H18N4O3S2/c1-3-12-17-18(9-13(20)16-5-7-24(2)22)14(21)11-8-10-4-6-23-15(10)19(11)12/h4,6,8H,3,5,7,9H2,1-2H3,(H,16,20). The van der Waals surface area contributed by atoms with Crippen LogP contribution >= 0.6 is 11.3 Å². The van der Waals surface area contributed by atoms with Crippen molar-refractivity contribution >= 4 is 43.8 Å². The van der Waals surface area contributed by atoms with Gasteiger partial charge in [-0.25, -0.2) is 4.68 Å². The smallest absolute Gasteiger partial charge is 0.291 e. The fourth-order valence-corrected chi connectivity index (χ4v) is 3.87. The van der Waals surface area contributed by atoms with Crippen molar-refractivity contribution in [2.45, 2.75) is 19.9 Å². The van der Waals surface area contributed by atoms with E-state index in [0.29, 0.717) is 24.2 Å². The van der Waals surface area contributed by atoms with E-state index in [9.17, 15) is 13.8 Å². The highest BCUT2D eigenvalue weighted by molar-refractivity contribution is 7.84. The number of aryl methyl sites for hydroxylation is 1. The van der Waals surface area contributed by atoms with Crippen molar-refractivity contribution in [3.63, 3.8) is 0 Å². The molecule has 1 amide bonds. The Labute approximate surface area is 144 Å². The maximum atomic E-state index is 12.6. The van der Waals surface area contributed by atoms with Crippen molar-refractivity contribution in [1.29, 1.82) is 0 Å². The van der Waals surface area contributed by atoms with Gasteiger partial charge in [-0.3, -0.25) is 18.2 Å². The van der Waals surface area contributed by atoms with Crippen molar-refractivity contribution in [3.05, 3.63) is 33.7 Å². The van der Waals surface area contributed by atoms with Crippen molar-refractivity contribution in [1.82, 2.24) is 19.5 Å². The molecule has 0 aromatic carbocycles. The van der Waals surface area contributed by atoms with Crippen LogP contribution in [0.2, 0.25) is 0 Å². The minimum atomic E-state index is -0.962. The van der Waals surface area contributed by atoms with Crippen LogP contribution in [0.3, 0.4) is 0 Å². The first kappa shape index (κ1) is 16.8. The highest BCUT2D eigenvalue weighted by Gasteiger charge is 2.15. The first-order valence-corrected chi connectivity index (χ1v) is 10.2. The molecule has 128 valence electrons. The van der Waals surface area contributed by atoms with Gasteiger partial charge in [-0.05, 0) is 17.5 Å². The normalized spacial score (nSPS) is 12.8. The van der Waals surface area contributed by atoms with E-state index in [2.05, 4.69) is 10.4 Å². The van der Waals surface area contributed by atoms with Crippen molar-refractivity contribution in [2.24, 2.45) is 0 Å². The van der Waals surface area contributed by atoms with E-state index in [0.717, 1.165) is 16.0 Å². The van der Waals surface area contributed by atoms with Gasteiger partial charge in [0.2, 0.25) is 5.91 Å². The van der Waals surface area contributed by atoms with E-state index >= 15 is 0 Å². The van der Waals surface area contributed by atoms with E-state index in [1.165, 1.54) is 4.68 Å². The van der Waals surface area contributed by atoms with Crippen LogP contribution < -0.4 is 10.9 Å². The van der Waals surface area contributed by atoms with Gasteiger partial charge in [0.15, 0.2) is 0 Å². The molecule has 1 unspecified atom stereocenters. The highest BCUT2D eigenvalue weighted by atomic mass is 32.2. The second-order valence-electron chi connectivity index (χ2n) is 5.41. The average Bonchev–Trinajstić information content (AvgIpc) is 3.11. The average molecular weight is 366 g/mol. The molecule has 3 aromatic heterocycles. The molecule has 1 atom stereocenters. The number of thiophene rings is 1. The Morgan fingerprint density at radius 2 is 2.25 bits per heavy atom. The summed E-state index contributed by atoms with van der Waals surface area (Å²) >= 11 is 1.56. The van der Waals surface area contributed by atoms with Crippen LogP contribution in [0.4, 0.5) is 0 Å². The summed E-state index contributed by atoms with van der Waals surface area (Å²) in [6.07, 6.45) is 2.23. The van der Waals surface area contributed by atoms with Gasteiger partial charge in [0.25, 0.3) is 5.56 Å². The molecule has 7 nitrogen and oxygen atoms in total. The molecule has 24 heavy (non-hydrogen) atoms. The quantitative estimate of drug-likeness (QED) is 0.698. The third kappa shape index (κ3) is 3.13. The van der Waals surface area contributed by atoms with Gasteiger partial charge in [-0.2, -0.15) is 5.10 Å². The van der Waals surface area contributed by atoms with Crippen LogP contribution in [0.15, 0.2) is 22.3 Å². The largest absolute Gasteiger partial charge is 0.354 e. The number of fused-ring (bicyclic) bond motifs is 3. The topological polar surface area (TPSA) is 85.5 Å². The molecule has 3 aromatic rings. The maximum Gasteiger partial charge on any atom is 0.291 e. The molecule has 0 fully saturated rings. The molecule has 0 aliphatic rings. The number of amides is 1. The first-order valence-electron chi connectivity index (χ1n) is 7.56. The van der Waals surface area contributed by atoms with Crippen LogP contribution in [0.1, 0.15) is 12.7 Å². The summed E-state index contributed by atoms with van der Waals surface area (Å²) in [5.74, 6) is 0.821. The number of carbonyl (C=O) groups excluding carboxylic acids is 1. The van der Waals surface area contributed by atoms with Gasteiger partial charge in [-0.15, -0.1) is 11.3 Å². The number of carbonyl (C=O) groups is 1. The summed E-state index contributed by atoms with van der Waals surface area (Å²) in [4.78, 5) is 25.6. The lowest BCUT2D eigenvalue weighted by atomic mass is 10.4. The third-order valence-corrected chi connectivity index (χ3v) is 5.37. The zero-order valence-electron chi connectivity index (χ0n) is 13.4. The van der Waals surface area contributed by atoms with E-state index < -0.39 is 10.8 Å². The Hall–Kier alpha value is -2.00. The molecule has 0 bridgehead atoms. The van der Waals surface area contributed by atoms with Crippen LogP contribution in [0.25, 0.3) is 15.7 Å². The Morgan fingerprint density at radius 1 is 1.46 bits per heavy atom. The molecular weight excluding hydrogens is 348 g/mol. The third-order valence-electron chi connectivity index (χ3n) is 3.68. The minimum absolute atomic E-state index is 0.141. The lowest BCUT2D eigenvalue weighted by molar-refractivity contribution is -0.121. The zero-order chi connectivity index (χ0) is 17.3. The van der Waals surface area contributed by atoms with E-state index in [1.54, 1.807) is 17.6 Å². The van der Waals surface area contributed by atoms with Crippen LogP contribution in [-0.4, -0.2) is 42.9 Å².